The van der Waals surface area contributed by atoms with E-state index in [0.29, 0.717) is 11.9 Å². The zero-order valence-corrected chi connectivity index (χ0v) is 9.86. The highest BCUT2D eigenvalue weighted by Gasteiger charge is 2.18. The average molecular weight is 232 g/mol. The molecule has 1 aliphatic rings. The monoisotopic (exact) mass is 232 g/mol. The molecule has 2 aromatic heterocycles. The van der Waals surface area contributed by atoms with Gasteiger partial charge in [-0.1, -0.05) is 6.42 Å². The van der Waals surface area contributed by atoms with E-state index < -0.39 is 0 Å². The normalized spacial score (nSPS) is 20.6. The first-order valence-electron chi connectivity index (χ1n) is 6.01. The van der Waals surface area contributed by atoms with E-state index in [0.717, 1.165) is 30.0 Å². The molecule has 1 aliphatic heterocycles. The summed E-state index contributed by atoms with van der Waals surface area (Å²) in [6.45, 7) is 1.07. The van der Waals surface area contributed by atoms with Crippen molar-refractivity contribution in [3.8, 4) is 5.88 Å². The van der Waals surface area contributed by atoms with Crippen molar-refractivity contribution in [1.82, 2.24) is 20.3 Å². The fraction of sp³-hybridized carbons (Fsp3) is 0.500. The van der Waals surface area contributed by atoms with Crippen molar-refractivity contribution in [3.63, 3.8) is 0 Å². The van der Waals surface area contributed by atoms with Crippen LogP contribution in [0.2, 0.25) is 0 Å². The summed E-state index contributed by atoms with van der Waals surface area (Å²) in [5.41, 5.74) is 1.69. The molecular formula is C12H16N4O. The topological polar surface area (TPSA) is 62.8 Å². The fourth-order valence-corrected chi connectivity index (χ4v) is 2.26. The van der Waals surface area contributed by atoms with E-state index >= 15 is 0 Å². The van der Waals surface area contributed by atoms with Crippen LogP contribution in [-0.2, 0) is 0 Å². The standard InChI is InChI=1S/C12H16N4O/c1-17-10-6-5-9-12(15-10)16-11(14-9)8-4-2-3-7-13-8/h5-6,8,13H,2-4,7H2,1H3,(H,14,15,16). The number of methoxy groups -OCH3 is 1. The molecule has 1 atom stereocenters. The van der Waals surface area contributed by atoms with Gasteiger partial charge in [-0.25, -0.2) is 4.98 Å². The number of imidazole rings is 1. The van der Waals surface area contributed by atoms with Gasteiger partial charge in [0.25, 0.3) is 0 Å². The lowest BCUT2D eigenvalue weighted by Gasteiger charge is -2.21. The van der Waals surface area contributed by atoms with E-state index in [-0.39, 0.29) is 0 Å². The summed E-state index contributed by atoms with van der Waals surface area (Å²) in [5, 5.41) is 3.47. The number of fused-ring (bicyclic) bond motifs is 1. The van der Waals surface area contributed by atoms with Gasteiger partial charge in [0.15, 0.2) is 5.65 Å². The van der Waals surface area contributed by atoms with Crippen LogP contribution in [0.15, 0.2) is 12.1 Å². The highest BCUT2D eigenvalue weighted by molar-refractivity contribution is 5.71. The molecule has 2 aromatic rings. The summed E-state index contributed by atoms with van der Waals surface area (Å²) in [6.07, 6.45) is 3.64. The van der Waals surface area contributed by atoms with E-state index in [9.17, 15) is 0 Å². The predicted octanol–water partition coefficient (Wildman–Crippen LogP) is 1.78. The molecule has 3 heterocycles. The van der Waals surface area contributed by atoms with Crippen LogP contribution in [0.3, 0.4) is 0 Å². The average Bonchev–Trinajstić information content (AvgIpc) is 2.82. The van der Waals surface area contributed by atoms with Crippen molar-refractivity contribution in [2.24, 2.45) is 0 Å². The molecule has 0 amide bonds. The number of ether oxygens (including phenoxy) is 1. The Morgan fingerprint density at radius 3 is 3.00 bits per heavy atom. The summed E-state index contributed by atoms with van der Waals surface area (Å²) in [6, 6.07) is 4.14. The molecule has 1 fully saturated rings. The van der Waals surface area contributed by atoms with Gasteiger partial charge in [0.05, 0.1) is 18.7 Å². The number of aromatic amines is 1. The highest BCUT2D eigenvalue weighted by Crippen LogP contribution is 2.23. The summed E-state index contributed by atoms with van der Waals surface area (Å²) in [4.78, 5) is 12.2. The number of hydrogen-bond acceptors (Lipinski definition) is 4. The van der Waals surface area contributed by atoms with Crippen molar-refractivity contribution in [2.45, 2.75) is 25.3 Å². The summed E-state index contributed by atoms with van der Waals surface area (Å²) in [5.74, 6) is 1.59. The van der Waals surface area contributed by atoms with Crippen LogP contribution in [0.4, 0.5) is 0 Å². The summed E-state index contributed by atoms with van der Waals surface area (Å²) in [7, 11) is 1.62. The molecule has 17 heavy (non-hydrogen) atoms. The van der Waals surface area contributed by atoms with Gasteiger partial charge in [-0.3, -0.25) is 0 Å². The lowest BCUT2D eigenvalue weighted by Crippen LogP contribution is -2.27. The Hall–Kier alpha value is -1.62. The molecule has 0 aliphatic carbocycles. The molecule has 1 unspecified atom stereocenters. The maximum Gasteiger partial charge on any atom is 0.215 e. The van der Waals surface area contributed by atoms with Gasteiger partial charge >= 0.3 is 0 Å². The Balaban J connectivity index is 1.95. The number of pyridine rings is 1. The number of hydrogen-bond donors (Lipinski definition) is 2. The molecule has 0 radical (unpaired) electrons. The minimum Gasteiger partial charge on any atom is -0.481 e. The van der Waals surface area contributed by atoms with Crippen molar-refractivity contribution >= 4 is 11.2 Å². The van der Waals surface area contributed by atoms with Crippen LogP contribution >= 0.6 is 0 Å². The number of H-pyrrole nitrogens is 1. The predicted molar refractivity (Wildman–Crippen MR) is 65.0 cm³/mol. The van der Waals surface area contributed by atoms with E-state index in [2.05, 4.69) is 20.3 Å². The lowest BCUT2D eigenvalue weighted by molar-refractivity contribution is 0.398. The zero-order valence-electron chi connectivity index (χ0n) is 9.86. The van der Waals surface area contributed by atoms with Gasteiger partial charge < -0.3 is 15.0 Å². The quantitative estimate of drug-likeness (QED) is 0.828. The number of nitrogens with zero attached hydrogens (tertiary/aromatic N) is 2. The largest absolute Gasteiger partial charge is 0.481 e. The van der Waals surface area contributed by atoms with E-state index in [4.69, 9.17) is 4.74 Å². The molecule has 1 saturated heterocycles. The Morgan fingerprint density at radius 1 is 1.29 bits per heavy atom. The number of nitrogens with one attached hydrogen (secondary N) is 2. The number of rotatable bonds is 2. The van der Waals surface area contributed by atoms with Gasteiger partial charge in [-0.05, 0) is 25.5 Å². The van der Waals surface area contributed by atoms with E-state index in [1.807, 2.05) is 12.1 Å². The molecule has 0 saturated carbocycles. The minimum atomic E-state index is 0.337. The second kappa shape index (κ2) is 4.33. The van der Waals surface area contributed by atoms with Crippen LogP contribution < -0.4 is 10.1 Å². The van der Waals surface area contributed by atoms with E-state index in [1.165, 1.54) is 12.8 Å². The van der Waals surface area contributed by atoms with Gasteiger partial charge in [0, 0.05) is 6.07 Å². The summed E-state index contributed by atoms with van der Waals surface area (Å²) < 4.78 is 5.10. The van der Waals surface area contributed by atoms with Crippen molar-refractivity contribution in [3.05, 3.63) is 18.0 Å². The zero-order chi connectivity index (χ0) is 11.7. The molecule has 0 spiro atoms. The Labute approximate surface area is 99.6 Å². The van der Waals surface area contributed by atoms with Crippen molar-refractivity contribution in [1.29, 1.82) is 0 Å². The van der Waals surface area contributed by atoms with Gasteiger partial charge in [-0.15, -0.1) is 0 Å². The van der Waals surface area contributed by atoms with Crippen LogP contribution in [0, 0.1) is 0 Å². The van der Waals surface area contributed by atoms with Crippen LogP contribution in [0.25, 0.3) is 11.2 Å². The van der Waals surface area contributed by atoms with E-state index in [1.54, 1.807) is 7.11 Å². The Kier molecular flexibility index (Phi) is 2.68. The third-order valence-electron chi connectivity index (χ3n) is 3.19. The maximum atomic E-state index is 5.10. The first-order valence-corrected chi connectivity index (χ1v) is 6.01. The second-order valence-corrected chi connectivity index (χ2v) is 4.35. The summed E-state index contributed by atoms with van der Waals surface area (Å²) >= 11 is 0. The third-order valence-corrected chi connectivity index (χ3v) is 3.19. The van der Waals surface area contributed by atoms with Crippen LogP contribution in [0.5, 0.6) is 5.88 Å². The van der Waals surface area contributed by atoms with Gasteiger partial charge in [0.1, 0.15) is 5.82 Å². The minimum absolute atomic E-state index is 0.337. The maximum absolute atomic E-state index is 5.10. The molecule has 0 bridgehead atoms. The molecule has 90 valence electrons. The van der Waals surface area contributed by atoms with Gasteiger partial charge in [-0.2, -0.15) is 4.98 Å². The van der Waals surface area contributed by atoms with Crippen LogP contribution in [-0.4, -0.2) is 28.6 Å². The molecule has 5 nitrogen and oxygen atoms in total. The van der Waals surface area contributed by atoms with Crippen LogP contribution in [0.1, 0.15) is 31.1 Å². The molecule has 5 heteroatoms. The molecular weight excluding hydrogens is 216 g/mol. The molecule has 0 aromatic carbocycles. The number of aromatic nitrogens is 3. The molecule has 2 N–H and O–H groups in total. The third kappa shape index (κ3) is 1.98. The first-order chi connectivity index (χ1) is 8.36. The van der Waals surface area contributed by atoms with Crippen molar-refractivity contribution in [2.75, 3.05) is 13.7 Å². The Bertz CT molecular complexity index is 516. The number of piperidine rings is 1. The first kappa shape index (κ1) is 10.5. The second-order valence-electron chi connectivity index (χ2n) is 4.35. The van der Waals surface area contributed by atoms with Gasteiger partial charge in [0.2, 0.25) is 5.88 Å². The fourth-order valence-electron chi connectivity index (χ4n) is 2.26. The lowest BCUT2D eigenvalue weighted by atomic mass is 10.0. The highest BCUT2D eigenvalue weighted by atomic mass is 16.5. The molecule has 3 rings (SSSR count). The van der Waals surface area contributed by atoms with Crippen molar-refractivity contribution < 1.29 is 4.74 Å². The Morgan fingerprint density at radius 2 is 2.24 bits per heavy atom. The smallest absolute Gasteiger partial charge is 0.215 e. The SMILES string of the molecule is COc1ccc2[nH]c(C3CCCCN3)nc2n1.